The zero-order chi connectivity index (χ0) is 23.2. The number of fused-ring (bicyclic) bond motifs is 2. The van der Waals surface area contributed by atoms with E-state index in [1.54, 1.807) is 22.5 Å². The maximum absolute atomic E-state index is 13.1. The molecule has 2 aromatic rings. The van der Waals surface area contributed by atoms with Gasteiger partial charge in [-0.15, -0.1) is 0 Å². The third kappa shape index (κ3) is 4.25. The van der Waals surface area contributed by atoms with Gasteiger partial charge in [-0.05, 0) is 66.6 Å². The third-order valence-electron chi connectivity index (χ3n) is 6.49. The summed E-state index contributed by atoms with van der Waals surface area (Å²) in [6.07, 6.45) is 3.43. The molecule has 2 aromatic carbocycles. The van der Waals surface area contributed by atoms with Crippen LogP contribution in [0.4, 0.5) is 0 Å². The lowest BCUT2D eigenvalue weighted by Gasteiger charge is -2.34. The minimum absolute atomic E-state index is 0.188. The van der Waals surface area contributed by atoms with Gasteiger partial charge < -0.3 is 14.8 Å². The van der Waals surface area contributed by atoms with Gasteiger partial charge in [0.1, 0.15) is 0 Å². The number of rotatable bonds is 4. The number of allylic oxidation sites excluding steroid dienone is 1. The Morgan fingerprint density at radius 2 is 1.73 bits per heavy atom. The molecule has 5 rings (SSSR count). The van der Waals surface area contributed by atoms with Crippen LogP contribution in [0.1, 0.15) is 41.8 Å². The molecule has 0 bridgehead atoms. The fourth-order valence-corrected chi connectivity index (χ4v) is 6.63. The van der Waals surface area contributed by atoms with Crippen LogP contribution in [0.2, 0.25) is 0 Å². The second-order valence-corrected chi connectivity index (χ2v) is 11.2. The van der Waals surface area contributed by atoms with Gasteiger partial charge in [-0.25, -0.2) is 8.42 Å². The Hall–Kier alpha value is -2.84. The average Bonchev–Trinajstić information content (AvgIpc) is 3.25. The first-order valence-electron chi connectivity index (χ1n) is 11.3. The Bertz CT molecular complexity index is 1210. The first kappa shape index (κ1) is 22.0. The van der Waals surface area contributed by atoms with E-state index in [0.717, 1.165) is 42.0 Å². The van der Waals surface area contributed by atoms with E-state index in [9.17, 15) is 13.2 Å². The van der Waals surface area contributed by atoms with Crippen LogP contribution in [0.15, 0.2) is 47.4 Å². The second kappa shape index (κ2) is 8.50. The quantitative estimate of drug-likeness (QED) is 0.547. The van der Waals surface area contributed by atoms with Crippen LogP contribution in [0, 0.1) is 11.8 Å². The van der Waals surface area contributed by atoms with Gasteiger partial charge in [-0.2, -0.15) is 4.31 Å². The summed E-state index contributed by atoms with van der Waals surface area (Å²) < 4.78 is 38.7. The molecule has 2 atom stereocenters. The minimum atomic E-state index is -3.57. The number of sulfonamides is 1. The van der Waals surface area contributed by atoms with Crippen molar-refractivity contribution < 1.29 is 22.7 Å². The van der Waals surface area contributed by atoms with E-state index in [1.165, 1.54) is 12.1 Å². The maximum atomic E-state index is 13.1. The van der Waals surface area contributed by atoms with E-state index in [2.05, 4.69) is 19.2 Å². The Balaban J connectivity index is 1.37. The molecule has 7 nitrogen and oxygen atoms in total. The number of carbonyl (C=O) groups excluding carboxylic acids is 1. The van der Waals surface area contributed by atoms with Gasteiger partial charge >= 0.3 is 0 Å². The van der Waals surface area contributed by atoms with Crippen molar-refractivity contribution in [2.24, 2.45) is 11.8 Å². The molecule has 2 unspecified atom stereocenters. The van der Waals surface area contributed by atoms with Crippen molar-refractivity contribution in [2.45, 2.75) is 31.6 Å². The molecule has 0 amide bonds. The van der Waals surface area contributed by atoms with E-state index in [4.69, 9.17) is 9.47 Å². The summed E-state index contributed by atoms with van der Waals surface area (Å²) in [7, 11) is -3.57. The molecular weight excluding hydrogens is 440 g/mol. The topological polar surface area (TPSA) is 84.9 Å². The SMILES string of the molecule is CC1CC(C)CN(S(=O)(=O)c2ccc(C(=O)C=C3NCCc4cc5c(cc43)OCO5)cc2)C1. The van der Waals surface area contributed by atoms with Gasteiger partial charge in [0.2, 0.25) is 16.8 Å². The number of piperidine rings is 1. The molecule has 0 radical (unpaired) electrons. The molecule has 1 fully saturated rings. The van der Waals surface area contributed by atoms with Gasteiger partial charge in [-0.1, -0.05) is 13.8 Å². The molecule has 3 aliphatic heterocycles. The fraction of sp³-hybridized carbons (Fsp3) is 0.400. The standard InChI is InChI=1S/C25H28N2O5S/c1-16-9-17(2)14-27(13-16)33(29,30)20-5-3-18(4-6-20)23(28)12-22-21-11-25-24(31-15-32-25)10-19(21)7-8-26-22/h3-6,10-12,16-17,26H,7-9,13-15H2,1-2H3. The molecule has 174 valence electrons. The smallest absolute Gasteiger partial charge is 0.243 e. The molecule has 1 saturated heterocycles. The molecule has 8 heteroatoms. The summed E-state index contributed by atoms with van der Waals surface area (Å²) >= 11 is 0. The van der Waals surface area contributed by atoms with E-state index in [-0.39, 0.29) is 17.5 Å². The summed E-state index contributed by atoms with van der Waals surface area (Å²) in [5, 5.41) is 3.30. The Labute approximate surface area is 194 Å². The largest absolute Gasteiger partial charge is 0.454 e. The zero-order valence-electron chi connectivity index (χ0n) is 18.8. The van der Waals surface area contributed by atoms with E-state index in [1.807, 2.05) is 12.1 Å². The molecule has 33 heavy (non-hydrogen) atoms. The van der Waals surface area contributed by atoms with E-state index in [0.29, 0.717) is 36.2 Å². The van der Waals surface area contributed by atoms with Crippen LogP contribution in [-0.2, 0) is 16.4 Å². The van der Waals surface area contributed by atoms with Gasteiger partial charge in [-0.3, -0.25) is 4.79 Å². The molecule has 0 spiro atoms. The fourth-order valence-electron chi connectivity index (χ4n) is 4.95. The summed E-state index contributed by atoms with van der Waals surface area (Å²) in [6.45, 7) is 6.15. The number of ether oxygens (including phenoxy) is 2. The number of hydrogen-bond donors (Lipinski definition) is 1. The summed E-state index contributed by atoms with van der Waals surface area (Å²) in [5.74, 6) is 1.88. The number of ketones is 1. The van der Waals surface area contributed by atoms with Crippen LogP contribution in [-0.4, -0.2) is 44.9 Å². The van der Waals surface area contributed by atoms with Crippen LogP contribution >= 0.6 is 0 Å². The lowest BCUT2D eigenvalue weighted by atomic mass is 9.94. The highest BCUT2D eigenvalue weighted by molar-refractivity contribution is 7.89. The second-order valence-electron chi connectivity index (χ2n) is 9.25. The zero-order valence-corrected chi connectivity index (χ0v) is 19.7. The predicted octanol–water partition coefficient (Wildman–Crippen LogP) is 3.45. The highest BCUT2D eigenvalue weighted by Gasteiger charge is 2.31. The molecule has 0 aliphatic carbocycles. The molecule has 1 N–H and O–H groups in total. The lowest BCUT2D eigenvalue weighted by Crippen LogP contribution is -2.42. The number of nitrogens with zero attached hydrogens (tertiary/aromatic N) is 1. The van der Waals surface area contributed by atoms with E-state index < -0.39 is 10.0 Å². The van der Waals surface area contributed by atoms with Crippen molar-refractivity contribution >= 4 is 21.5 Å². The van der Waals surface area contributed by atoms with Gasteiger partial charge in [0, 0.05) is 42.5 Å². The minimum Gasteiger partial charge on any atom is -0.454 e. The Morgan fingerprint density at radius 1 is 1.06 bits per heavy atom. The van der Waals surface area contributed by atoms with Crippen molar-refractivity contribution in [1.29, 1.82) is 0 Å². The van der Waals surface area contributed by atoms with Crippen molar-refractivity contribution in [3.63, 3.8) is 0 Å². The molecular formula is C25H28N2O5S. The monoisotopic (exact) mass is 468 g/mol. The summed E-state index contributed by atoms with van der Waals surface area (Å²) in [4.78, 5) is 13.2. The number of carbonyl (C=O) groups is 1. The van der Waals surface area contributed by atoms with Crippen molar-refractivity contribution in [1.82, 2.24) is 9.62 Å². The van der Waals surface area contributed by atoms with Crippen molar-refractivity contribution in [3.8, 4) is 11.5 Å². The number of hydrogen-bond acceptors (Lipinski definition) is 6. The highest BCUT2D eigenvalue weighted by atomic mass is 32.2. The van der Waals surface area contributed by atoms with Crippen LogP contribution in [0.25, 0.3) is 5.70 Å². The van der Waals surface area contributed by atoms with Crippen LogP contribution in [0.5, 0.6) is 11.5 Å². The Morgan fingerprint density at radius 3 is 2.42 bits per heavy atom. The van der Waals surface area contributed by atoms with Gasteiger partial charge in [0.25, 0.3) is 0 Å². The first-order valence-corrected chi connectivity index (χ1v) is 12.8. The summed E-state index contributed by atoms with van der Waals surface area (Å²) in [5.41, 5.74) is 3.19. The van der Waals surface area contributed by atoms with Crippen LogP contribution < -0.4 is 14.8 Å². The number of nitrogens with one attached hydrogen (secondary N) is 1. The van der Waals surface area contributed by atoms with Crippen molar-refractivity contribution in [3.05, 3.63) is 59.2 Å². The number of benzene rings is 2. The highest BCUT2D eigenvalue weighted by Crippen LogP contribution is 2.38. The molecule has 0 aromatic heterocycles. The van der Waals surface area contributed by atoms with Crippen LogP contribution in [0.3, 0.4) is 0 Å². The van der Waals surface area contributed by atoms with Gasteiger partial charge in [0.05, 0.1) is 4.90 Å². The molecule has 0 saturated carbocycles. The first-order chi connectivity index (χ1) is 15.8. The van der Waals surface area contributed by atoms with Gasteiger partial charge in [0.15, 0.2) is 17.3 Å². The lowest BCUT2D eigenvalue weighted by molar-refractivity contribution is 0.104. The average molecular weight is 469 g/mol. The Kier molecular flexibility index (Phi) is 5.66. The summed E-state index contributed by atoms with van der Waals surface area (Å²) in [6, 6.07) is 10.1. The van der Waals surface area contributed by atoms with E-state index >= 15 is 0 Å². The third-order valence-corrected chi connectivity index (χ3v) is 8.33. The normalized spacial score (nSPS) is 23.8. The molecule has 3 heterocycles. The van der Waals surface area contributed by atoms with Crippen molar-refractivity contribution in [2.75, 3.05) is 26.4 Å². The maximum Gasteiger partial charge on any atom is 0.243 e. The molecule has 3 aliphatic rings. The predicted molar refractivity (Wildman–Crippen MR) is 125 cm³/mol.